The quantitative estimate of drug-likeness (QED) is 0.171. The van der Waals surface area contributed by atoms with Gasteiger partial charge in [-0.3, -0.25) is 0 Å². The fraction of sp³-hybridized carbons (Fsp3) is 0. The van der Waals surface area contributed by atoms with Gasteiger partial charge in [-0.1, -0.05) is 176 Å². The fourth-order valence-electron chi connectivity index (χ4n) is 7.98. The molecule has 5 heteroatoms. The average Bonchev–Trinajstić information content (AvgIpc) is 3.87. The molecule has 0 atom stereocenters. The summed E-state index contributed by atoms with van der Waals surface area (Å²) in [6.07, 6.45) is 0. The van der Waals surface area contributed by atoms with E-state index >= 15 is 0 Å². The topological polar surface area (TPSA) is 43.1 Å². The smallest absolute Gasteiger partial charge is 0.160 e. The van der Waals surface area contributed by atoms with Crippen molar-refractivity contribution in [1.29, 1.82) is 0 Å². The van der Waals surface area contributed by atoms with Crippen LogP contribution in [0, 0.1) is 0 Å². The SMILES string of the molecule is c1ccc(-c2nc(-c3ccc(-c4c(-c5ccccc5)nn5c(-c6ccccc6)cc6ccccc6c45)cc3)cc(-c3cccc4c3sc3ccccc34)n2)cc1. The first-order valence-electron chi connectivity index (χ1n) is 18.8. The second kappa shape index (κ2) is 13.3. The van der Waals surface area contributed by atoms with Gasteiger partial charge in [0, 0.05) is 58.9 Å². The lowest BCUT2D eigenvalue weighted by Gasteiger charge is -2.12. The van der Waals surface area contributed by atoms with E-state index in [1.165, 1.54) is 25.6 Å². The normalized spacial score (nSPS) is 11.6. The summed E-state index contributed by atoms with van der Waals surface area (Å²) in [5.74, 6) is 0.703. The third-order valence-electron chi connectivity index (χ3n) is 10.6. The first kappa shape index (κ1) is 32.2. The molecule has 262 valence electrons. The number of benzene rings is 7. The molecule has 0 radical (unpaired) electrons. The number of aromatic nitrogens is 4. The molecule has 0 bridgehead atoms. The van der Waals surface area contributed by atoms with Gasteiger partial charge in [0.15, 0.2) is 5.82 Å². The average molecular weight is 733 g/mol. The Balaban J connectivity index is 1.11. The van der Waals surface area contributed by atoms with E-state index in [1.807, 2.05) is 29.5 Å². The van der Waals surface area contributed by atoms with Crippen molar-refractivity contribution in [2.45, 2.75) is 0 Å². The highest BCUT2D eigenvalue weighted by molar-refractivity contribution is 7.26. The maximum atomic E-state index is 5.39. The molecule has 0 amide bonds. The van der Waals surface area contributed by atoms with Crippen molar-refractivity contribution in [3.05, 3.63) is 194 Å². The molecule has 4 nitrogen and oxygen atoms in total. The van der Waals surface area contributed by atoms with Crippen molar-refractivity contribution < 1.29 is 0 Å². The zero-order valence-corrected chi connectivity index (χ0v) is 31.0. The molecule has 0 spiro atoms. The Kier molecular flexibility index (Phi) is 7.64. The standard InChI is InChI=1S/C51H32N4S/c1-4-15-34(16-5-1)45-31-38-21-10-11-22-39(38)49-47(48(54-55(45)49)36-17-6-2-7-18-36)35-29-27-33(28-30-35)43-32-44(53-51(52-43)37-19-8-3-9-20-37)42-25-14-24-41-40-23-12-13-26-46(40)56-50(41)42/h1-32H. The molecular formula is C51H32N4S. The first-order chi connectivity index (χ1) is 27.8. The van der Waals surface area contributed by atoms with Gasteiger partial charge in [0.1, 0.15) is 5.69 Å². The molecule has 56 heavy (non-hydrogen) atoms. The Bertz CT molecular complexity index is 3220. The van der Waals surface area contributed by atoms with Gasteiger partial charge in [0.25, 0.3) is 0 Å². The molecule has 0 aliphatic heterocycles. The van der Waals surface area contributed by atoms with Crippen LogP contribution in [0.5, 0.6) is 0 Å². The van der Waals surface area contributed by atoms with E-state index in [0.717, 1.165) is 72.6 Å². The second-order valence-corrected chi connectivity index (χ2v) is 15.1. The lowest BCUT2D eigenvalue weighted by molar-refractivity contribution is 0.979. The summed E-state index contributed by atoms with van der Waals surface area (Å²) in [5, 5.41) is 10.2. The number of rotatable bonds is 6. The van der Waals surface area contributed by atoms with Gasteiger partial charge in [-0.25, -0.2) is 14.5 Å². The van der Waals surface area contributed by atoms with E-state index in [9.17, 15) is 0 Å². The monoisotopic (exact) mass is 732 g/mol. The molecular weight excluding hydrogens is 701 g/mol. The van der Waals surface area contributed by atoms with Crippen LogP contribution in [-0.2, 0) is 0 Å². The minimum absolute atomic E-state index is 0.703. The largest absolute Gasteiger partial charge is 0.231 e. The maximum absolute atomic E-state index is 5.39. The molecule has 4 heterocycles. The van der Waals surface area contributed by atoms with E-state index in [4.69, 9.17) is 15.1 Å². The highest BCUT2D eigenvalue weighted by Crippen LogP contribution is 2.43. The molecule has 0 fully saturated rings. The van der Waals surface area contributed by atoms with Crippen LogP contribution in [0.15, 0.2) is 194 Å². The number of nitrogens with zero attached hydrogens (tertiary/aromatic N) is 4. The molecule has 4 aromatic heterocycles. The molecule has 0 N–H and O–H groups in total. The Morgan fingerprint density at radius 2 is 1.04 bits per heavy atom. The van der Waals surface area contributed by atoms with Crippen molar-refractivity contribution in [2.75, 3.05) is 0 Å². The third-order valence-corrected chi connectivity index (χ3v) is 11.9. The predicted octanol–water partition coefficient (Wildman–Crippen LogP) is 13.6. The van der Waals surface area contributed by atoms with Gasteiger partial charge < -0.3 is 0 Å². The Hall–Kier alpha value is -7.21. The summed E-state index contributed by atoms with van der Waals surface area (Å²) in [6, 6.07) is 68.3. The van der Waals surface area contributed by atoms with Crippen LogP contribution in [0.25, 0.3) is 104 Å². The highest BCUT2D eigenvalue weighted by atomic mass is 32.1. The summed E-state index contributed by atoms with van der Waals surface area (Å²) >= 11 is 1.82. The third kappa shape index (κ3) is 5.40. The summed E-state index contributed by atoms with van der Waals surface area (Å²) in [4.78, 5) is 10.4. The van der Waals surface area contributed by atoms with Gasteiger partial charge in [0.05, 0.1) is 22.6 Å². The zero-order valence-electron chi connectivity index (χ0n) is 30.2. The van der Waals surface area contributed by atoms with Crippen LogP contribution < -0.4 is 0 Å². The van der Waals surface area contributed by atoms with Gasteiger partial charge in [-0.15, -0.1) is 11.3 Å². The Morgan fingerprint density at radius 3 is 1.80 bits per heavy atom. The predicted molar refractivity (Wildman–Crippen MR) is 234 cm³/mol. The molecule has 7 aromatic carbocycles. The van der Waals surface area contributed by atoms with Crippen molar-refractivity contribution in [3.63, 3.8) is 0 Å². The highest BCUT2D eigenvalue weighted by Gasteiger charge is 2.22. The lowest BCUT2D eigenvalue weighted by atomic mass is 9.95. The zero-order chi connectivity index (χ0) is 37.0. The summed E-state index contributed by atoms with van der Waals surface area (Å²) in [7, 11) is 0. The van der Waals surface area contributed by atoms with Crippen molar-refractivity contribution in [3.8, 4) is 67.5 Å². The number of fused-ring (bicyclic) bond motifs is 6. The number of pyridine rings is 1. The van der Waals surface area contributed by atoms with E-state index in [1.54, 1.807) is 0 Å². The molecule has 0 aliphatic rings. The maximum Gasteiger partial charge on any atom is 0.160 e. The second-order valence-electron chi connectivity index (χ2n) is 14.0. The van der Waals surface area contributed by atoms with Crippen LogP contribution in [-0.4, -0.2) is 19.6 Å². The Morgan fingerprint density at radius 1 is 0.429 bits per heavy atom. The summed E-state index contributed by atoms with van der Waals surface area (Å²) in [5.41, 5.74) is 12.3. The van der Waals surface area contributed by atoms with Crippen molar-refractivity contribution in [1.82, 2.24) is 19.6 Å². The minimum Gasteiger partial charge on any atom is -0.231 e. The van der Waals surface area contributed by atoms with Crippen LogP contribution in [0.1, 0.15) is 0 Å². The van der Waals surface area contributed by atoms with Crippen molar-refractivity contribution >= 4 is 47.8 Å². The van der Waals surface area contributed by atoms with E-state index < -0.39 is 0 Å². The van der Waals surface area contributed by atoms with Gasteiger partial charge in [0.2, 0.25) is 0 Å². The van der Waals surface area contributed by atoms with Gasteiger partial charge in [-0.05, 0) is 29.1 Å². The molecule has 0 saturated heterocycles. The van der Waals surface area contributed by atoms with Gasteiger partial charge in [-0.2, -0.15) is 5.10 Å². The van der Waals surface area contributed by atoms with Crippen LogP contribution in [0.4, 0.5) is 0 Å². The molecule has 0 saturated carbocycles. The number of hydrogen-bond acceptors (Lipinski definition) is 4. The first-order valence-corrected chi connectivity index (χ1v) is 19.6. The summed E-state index contributed by atoms with van der Waals surface area (Å²) < 4.78 is 4.64. The van der Waals surface area contributed by atoms with E-state index in [0.29, 0.717) is 5.82 Å². The van der Waals surface area contributed by atoms with E-state index in [-0.39, 0.29) is 0 Å². The lowest BCUT2D eigenvalue weighted by Crippen LogP contribution is -1.96. The van der Waals surface area contributed by atoms with Crippen LogP contribution in [0.2, 0.25) is 0 Å². The molecule has 0 unspecified atom stereocenters. The minimum atomic E-state index is 0.703. The molecule has 0 aliphatic carbocycles. The fourth-order valence-corrected chi connectivity index (χ4v) is 9.21. The number of hydrogen-bond donors (Lipinski definition) is 0. The van der Waals surface area contributed by atoms with Crippen LogP contribution >= 0.6 is 11.3 Å². The van der Waals surface area contributed by atoms with Crippen LogP contribution in [0.3, 0.4) is 0 Å². The van der Waals surface area contributed by atoms with E-state index in [2.05, 4.69) is 180 Å². The molecule has 11 aromatic rings. The Labute approximate surface area is 327 Å². The number of thiophene rings is 1. The van der Waals surface area contributed by atoms with Crippen molar-refractivity contribution in [2.24, 2.45) is 0 Å². The molecule has 11 rings (SSSR count). The summed E-state index contributed by atoms with van der Waals surface area (Å²) in [6.45, 7) is 0. The van der Waals surface area contributed by atoms with Gasteiger partial charge >= 0.3 is 0 Å².